The quantitative estimate of drug-likeness (QED) is 0.497. The van der Waals surface area contributed by atoms with Gasteiger partial charge in [-0.05, 0) is 78.7 Å². The highest BCUT2D eigenvalue weighted by Gasteiger charge is 2.17. The molecule has 2 aromatic heterocycles. The number of phenols is 1. The van der Waals surface area contributed by atoms with Gasteiger partial charge in [-0.1, -0.05) is 5.16 Å². The number of benzene rings is 1. The van der Waals surface area contributed by atoms with E-state index in [2.05, 4.69) is 69.6 Å². The van der Waals surface area contributed by atoms with E-state index in [-0.39, 0.29) is 11.6 Å². The Balaban J connectivity index is 2.06. The fourth-order valence-corrected chi connectivity index (χ4v) is 3.34. The third-order valence-corrected chi connectivity index (χ3v) is 4.34. The molecule has 0 radical (unpaired) electrons. The zero-order valence-corrected chi connectivity index (χ0v) is 15.5. The second-order valence-electron chi connectivity index (χ2n) is 4.07. The molecule has 0 aliphatic carbocycles. The van der Waals surface area contributed by atoms with E-state index in [1.165, 1.54) is 0 Å². The molecule has 0 fully saturated rings. The van der Waals surface area contributed by atoms with Crippen molar-refractivity contribution in [3.8, 4) is 28.7 Å². The van der Waals surface area contributed by atoms with Crippen LogP contribution >= 0.6 is 54.5 Å². The summed E-state index contributed by atoms with van der Waals surface area (Å²) in [4.78, 5) is 8.55. The fourth-order valence-electron chi connectivity index (χ4n) is 1.69. The number of phenolic OH excluding ortho intramolecular Hbond substituents is 1. The molecule has 106 valence electrons. The number of nitrogens with zero attached hydrogens (tertiary/aromatic N) is 3. The molecule has 0 unspecified atom stereocenters. The highest BCUT2D eigenvalue weighted by Crippen LogP contribution is 2.32. The predicted molar refractivity (Wildman–Crippen MR) is 92.7 cm³/mol. The summed E-state index contributed by atoms with van der Waals surface area (Å²) in [5.41, 5.74) is 1.06. The van der Waals surface area contributed by atoms with E-state index in [0.717, 1.165) is 12.5 Å². The predicted octanol–water partition coefficient (Wildman–Crippen LogP) is 4.63. The molecule has 0 saturated carbocycles. The Morgan fingerprint density at radius 3 is 2.76 bits per heavy atom. The Labute approximate surface area is 150 Å². The molecule has 1 aromatic carbocycles. The lowest BCUT2D eigenvalue weighted by Gasteiger charge is -1.99. The number of aromatic hydroxyl groups is 1. The van der Waals surface area contributed by atoms with E-state index in [9.17, 15) is 5.11 Å². The van der Waals surface area contributed by atoms with Crippen molar-refractivity contribution in [2.45, 2.75) is 0 Å². The van der Waals surface area contributed by atoms with Crippen LogP contribution < -0.4 is 0 Å². The van der Waals surface area contributed by atoms with Crippen LogP contribution in [0.1, 0.15) is 0 Å². The lowest BCUT2D eigenvalue weighted by atomic mass is 10.2. The van der Waals surface area contributed by atoms with Crippen molar-refractivity contribution in [1.82, 2.24) is 15.1 Å². The minimum Gasteiger partial charge on any atom is -0.507 e. The first-order valence-electron chi connectivity index (χ1n) is 5.68. The average Bonchev–Trinajstić information content (AvgIpc) is 2.91. The van der Waals surface area contributed by atoms with Crippen LogP contribution in [0.5, 0.6) is 5.75 Å². The smallest absolute Gasteiger partial charge is 0.262 e. The molecule has 2 heterocycles. The monoisotopic (exact) mass is 521 g/mol. The maximum Gasteiger partial charge on any atom is 0.262 e. The lowest BCUT2D eigenvalue weighted by Crippen LogP contribution is -1.88. The summed E-state index contributed by atoms with van der Waals surface area (Å²) in [6, 6.07) is 7.01. The van der Waals surface area contributed by atoms with Gasteiger partial charge >= 0.3 is 0 Å². The SMILES string of the molecule is Oc1ccc(I)cc1-c1nc(-c2ncc(Br)cc2Br)no1. The summed E-state index contributed by atoms with van der Waals surface area (Å²) >= 11 is 8.90. The van der Waals surface area contributed by atoms with Gasteiger partial charge in [0.15, 0.2) is 0 Å². The van der Waals surface area contributed by atoms with Crippen molar-refractivity contribution >= 4 is 54.5 Å². The van der Waals surface area contributed by atoms with E-state index < -0.39 is 0 Å². The van der Waals surface area contributed by atoms with Crippen molar-refractivity contribution in [1.29, 1.82) is 0 Å². The van der Waals surface area contributed by atoms with Crippen LogP contribution in [0.4, 0.5) is 0 Å². The van der Waals surface area contributed by atoms with Crippen LogP contribution in [0, 0.1) is 3.57 Å². The zero-order valence-electron chi connectivity index (χ0n) is 10.2. The number of halogens is 3. The van der Waals surface area contributed by atoms with Gasteiger partial charge in [0.2, 0.25) is 5.82 Å². The highest BCUT2D eigenvalue weighted by molar-refractivity contribution is 14.1. The van der Waals surface area contributed by atoms with Gasteiger partial charge in [-0.25, -0.2) is 0 Å². The van der Waals surface area contributed by atoms with Gasteiger partial charge in [0, 0.05) is 18.7 Å². The lowest BCUT2D eigenvalue weighted by molar-refractivity contribution is 0.425. The molecule has 1 N–H and O–H groups in total. The molecule has 3 rings (SSSR count). The standard InChI is InChI=1S/C13H6Br2IN3O2/c14-6-3-9(15)11(17-5-6)12-18-13(21-19-12)8-4-7(16)1-2-10(8)20/h1-5,20H. The summed E-state index contributed by atoms with van der Waals surface area (Å²) in [6.07, 6.45) is 1.65. The number of rotatable bonds is 2. The third-order valence-electron chi connectivity index (χ3n) is 2.63. The second kappa shape index (κ2) is 6.01. The first kappa shape index (κ1) is 14.9. The minimum atomic E-state index is 0.0912. The van der Waals surface area contributed by atoms with E-state index >= 15 is 0 Å². The van der Waals surface area contributed by atoms with Gasteiger partial charge in [0.25, 0.3) is 5.89 Å². The van der Waals surface area contributed by atoms with Crippen molar-refractivity contribution in [3.63, 3.8) is 0 Å². The minimum absolute atomic E-state index is 0.0912. The Bertz CT molecular complexity index is 823. The van der Waals surface area contributed by atoms with Gasteiger partial charge in [-0.15, -0.1) is 0 Å². The fraction of sp³-hybridized carbons (Fsp3) is 0. The van der Waals surface area contributed by atoms with Crippen molar-refractivity contribution < 1.29 is 9.63 Å². The number of hydrogen-bond donors (Lipinski definition) is 1. The summed E-state index contributed by atoms with van der Waals surface area (Å²) in [6.45, 7) is 0. The summed E-state index contributed by atoms with van der Waals surface area (Å²) in [5.74, 6) is 0.689. The van der Waals surface area contributed by atoms with Crippen LogP contribution in [0.15, 0.2) is 43.9 Å². The van der Waals surface area contributed by atoms with Gasteiger partial charge < -0.3 is 9.63 Å². The molecule has 0 amide bonds. The first-order chi connectivity index (χ1) is 10.0. The average molecular weight is 523 g/mol. The summed E-state index contributed by atoms with van der Waals surface area (Å²) in [7, 11) is 0. The molecule has 8 heteroatoms. The maximum absolute atomic E-state index is 9.90. The Hall–Kier alpha value is -1.000. The largest absolute Gasteiger partial charge is 0.507 e. The number of pyridine rings is 1. The van der Waals surface area contributed by atoms with E-state index in [4.69, 9.17) is 4.52 Å². The zero-order chi connectivity index (χ0) is 15.0. The molecule has 0 spiro atoms. The van der Waals surface area contributed by atoms with Crippen LogP contribution in [0.25, 0.3) is 23.0 Å². The third kappa shape index (κ3) is 3.11. The van der Waals surface area contributed by atoms with Crippen LogP contribution in [-0.4, -0.2) is 20.2 Å². The molecular formula is C13H6Br2IN3O2. The van der Waals surface area contributed by atoms with Crippen molar-refractivity contribution in [3.05, 3.63) is 43.0 Å². The molecule has 0 bridgehead atoms. The summed E-state index contributed by atoms with van der Waals surface area (Å²) < 4.78 is 7.78. The Morgan fingerprint density at radius 1 is 1.19 bits per heavy atom. The van der Waals surface area contributed by atoms with E-state index in [0.29, 0.717) is 17.1 Å². The van der Waals surface area contributed by atoms with Gasteiger partial charge in [0.05, 0.1) is 5.56 Å². The molecule has 0 aliphatic rings. The Morgan fingerprint density at radius 2 is 2.00 bits per heavy atom. The Kier molecular flexibility index (Phi) is 4.27. The molecular weight excluding hydrogens is 517 g/mol. The molecule has 0 saturated heterocycles. The molecule has 0 aliphatic heterocycles. The van der Waals surface area contributed by atoms with Crippen molar-refractivity contribution in [2.75, 3.05) is 0 Å². The summed E-state index contributed by atoms with van der Waals surface area (Å²) in [5, 5.41) is 13.8. The van der Waals surface area contributed by atoms with Crippen LogP contribution in [-0.2, 0) is 0 Å². The van der Waals surface area contributed by atoms with Gasteiger partial charge in [-0.3, -0.25) is 4.98 Å². The highest BCUT2D eigenvalue weighted by atomic mass is 127. The topological polar surface area (TPSA) is 72.0 Å². The van der Waals surface area contributed by atoms with Gasteiger partial charge in [-0.2, -0.15) is 4.98 Å². The molecule has 0 atom stereocenters. The van der Waals surface area contributed by atoms with E-state index in [1.807, 2.05) is 6.07 Å². The van der Waals surface area contributed by atoms with Crippen LogP contribution in [0.2, 0.25) is 0 Å². The molecule has 21 heavy (non-hydrogen) atoms. The van der Waals surface area contributed by atoms with Crippen molar-refractivity contribution in [2.24, 2.45) is 0 Å². The van der Waals surface area contributed by atoms with E-state index in [1.54, 1.807) is 24.4 Å². The molecule has 5 nitrogen and oxygen atoms in total. The van der Waals surface area contributed by atoms with Gasteiger partial charge in [0.1, 0.15) is 11.4 Å². The maximum atomic E-state index is 9.90. The van der Waals surface area contributed by atoms with Crippen LogP contribution in [0.3, 0.4) is 0 Å². The molecule has 3 aromatic rings. The second-order valence-corrected chi connectivity index (χ2v) is 7.08. The first-order valence-corrected chi connectivity index (χ1v) is 8.35. The number of hydrogen-bond acceptors (Lipinski definition) is 5. The normalized spacial score (nSPS) is 10.8. The number of aromatic nitrogens is 3.